The summed E-state index contributed by atoms with van der Waals surface area (Å²) in [4.78, 5) is 30.7. The molecule has 0 saturated carbocycles. The number of amides is 2. The molecule has 7 nitrogen and oxygen atoms in total. The molecule has 3 aromatic rings. The second kappa shape index (κ2) is 9.03. The van der Waals surface area contributed by atoms with E-state index in [2.05, 4.69) is 10.3 Å². The second-order valence-corrected chi connectivity index (χ2v) is 8.97. The van der Waals surface area contributed by atoms with Gasteiger partial charge in [-0.2, -0.15) is 0 Å². The first kappa shape index (κ1) is 20.8. The third-order valence-corrected chi connectivity index (χ3v) is 6.42. The number of aromatic nitrogens is 1. The van der Waals surface area contributed by atoms with Crippen LogP contribution in [0.3, 0.4) is 0 Å². The largest absolute Gasteiger partial charge is 0.497 e. The molecule has 0 saturated heterocycles. The molecule has 2 aromatic carbocycles. The minimum absolute atomic E-state index is 0.0734. The molecule has 0 radical (unpaired) electrons. The minimum atomic E-state index is -0.676. The fraction of sp³-hybridized carbons (Fsp3) is 0.150. The number of anilines is 2. The van der Waals surface area contributed by atoms with Crippen molar-refractivity contribution >= 4 is 52.5 Å². The Hall–Kier alpha value is -2.96. The van der Waals surface area contributed by atoms with Gasteiger partial charge in [0, 0.05) is 25.3 Å². The molecule has 3 N–H and O–H groups in total. The molecule has 2 amide bonds. The van der Waals surface area contributed by atoms with Crippen molar-refractivity contribution < 1.29 is 14.3 Å². The monoisotopic (exact) mass is 428 g/mol. The number of carbonyl (C=O) groups excluding carboxylic acids is 2. The smallest absolute Gasteiger partial charge is 0.270 e. The van der Waals surface area contributed by atoms with Crippen LogP contribution < -0.4 is 30.7 Å². The van der Waals surface area contributed by atoms with Crippen molar-refractivity contribution in [2.24, 2.45) is 5.73 Å². The lowest BCUT2D eigenvalue weighted by atomic mass is 10.2. The van der Waals surface area contributed by atoms with Crippen LogP contribution in [0, 0.1) is 0 Å². The van der Waals surface area contributed by atoms with Gasteiger partial charge in [0.05, 0.1) is 7.11 Å². The summed E-state index contributed by atoms with van der Waals surface area (Å²) >= 11 is 1.25. The number of nitrogens with one attached hydrogen (secondary N) is 1. The first-order valence-electron chi connectivity index (χ1n) is 8.68. The number of primary amides is 1. The zero-order chi connectivity index (χ0) is 21.0. The van der Waals surface area contributed by atoms with E-state index in [-0.39, 0.29) is 20.2 Å². The number of ether oxygens (including phenoxy) is 1. The number of nitrogens with two attached hydrogens (primary N) is 1. The van der Waals surface area contributed by atoms with Gasteiger partial charge in [-0.05, 0) is 50.3 Å². The maximum absolute atomic E-state index is 12.6. The zero-order valence-electron chi connectivity index (χ0n) is 16.2. The number of nitrogens with zero attached hydrogens (tertiary/aromatic N) is 2. The predicted molar refractivity (Wildman–Crippen MR) is 120 cm³/mol. The van der Waals surface area contributed by atoms with Crippen LogP contribution in [0.2, 0.25) is 0 Å². The third-order valence-electron chi connectivity index (χ3n) is 4.07. The molecule has 1 heterocycles. The van der Waals surface area contributed by atoms with Crippen LogP contribution in [0.5, 0.6) is 5.75 Å². The average molecular weight is 428 g/mol. The summed E-state index contributed by atoms with van der Waals surface area (Å²) in [5.41, 5.74) is 7.01. The lowest BCUT2D eigenvalue weighted by Gasteiger charge is -2.12. The first-order chi connectivity index (χ1) is 13.9. The van der Waals surface area contributed by atoms with Crippen LogP contribution in [0.25, 0.3) is 0 Å². The molecule has 0 aliphatic carbocycles. The van der Waals surface area contributed by atoms with E-state index in [9.17, 15) is 9.59 Å². The highest BCUT2D eigenvalue weighted by atomic mass is 32.1. The van der Waals surface area contributed by atoms with Gasteiger partial charge in [-0.3, -0.25) is 9.59 Å². The summed E-state index contributed by atoms with van der Waals surface area (Å²) in [6, 6.07) is 14.8. The van der Waals surface area contributed by atoms with E-state index in [1.165, 1.54) is 11.3 Å². The van der Waals surface area contributed by atoms with Crippen molar-refractivity contribution in [1.82, 2.24) is 4.98 Å². The summed E-state index contributed by atoms with van der Waals surface area (Å²) in [7, 11) is 5.70. The average Bonchev–Trinajstić information content (AvgIpc) is 3.11. The number of rotatable bonds is 7. The molecule has 150 valence electrons. The molecule has 3 rings (SSSR count). The van der Waals surface area contributed by atoms with E-state index >= 15 is 0 Å². The SMILES string of the molecule is COc1ccc(Pc2nc(C(N)=O)c(NC(=O)c3ccc(N(C)C)cc3)s2)cc1. The summed E-state index contributed by atoms with van der Waals surface area (Å²) in [5.74, 6) is -0.227. The van der Waals surface area contributed by atoms with Gasteiger partial charge in [0.25, 0.3) is 11.8 Å². The highest BCUT2D eigenvalue weighted by Crippen LogP contribution is 2.25. The Kier molecular flexibility index (Phi) is 6.46. The van der Waals surface area contributed by atoms with Crippen LogP contribution in [-0.2, 0) is 0 Å². The maximum atomic E-state index is 12.6. The number of methoxy groups -OCH3 is 1. The van der Waals surface area contributed by atoms with Gasteiger partial charge < -0.3 is 20.7 Å². The molecule has 0 fully saturated rings. The zero-order valence-corrected chi connectivity index (χ0v) is 18.0. The Morgan fingerprint density at radius 1 is 1.10 bits per heavy atom. The van der Waals surface area contributed by atoms with Crippen LogP contribution >= 0.6 is 19.9 Å². The van der Waals surface area contributed by atoms with Gasteiger partial charge in [0.15, 0.2) is 5.69 Å². The summed E-state index contributed by atoms with van der Waals surface area (Å²) in [6.07, 6.45) is 0. The van der Waals surface area contributed by atoms with Crippen LogP contribution in [0.1, 0.15) is 20.8 Å². The van der Waals surface area contributed by atoms with Gasteiger partial charge >= 0.3 is 0 Å². The van der Waals surface area contributed by atoms with Crippen molar-refractivity contribution in [3.8, 4) is 5.75 Å². The van der Waals surface area contributed by atoms with Gasteiger partial charge in [0.2, 0.25) is 0 Å². The van der Waals surface area contributed by atoms with Crippen molar-refractivity contribution in [3.05, 3.63) is 59.8 Å². The highest BCUT2D eigenvalue weighted by Gasteiger charge is 2.19. The molecule has 1 aromatic heterocycles. The molecule has 29 heavy (non-hydrogen) atoms. The van der Waals surface area contributed by atoms with E-state index in [1.54, 1.807) is 19.2 Å². The van der Waals surface area contributed by atoms with E-state index in [4.69, 9.17) is 10.5 Å². The molecule has 0 bridgehead atoms. The van der Waals surface area contributed by atoms with E-state index in [0.717, 1.165) is 16.7 Å². The number of carbonyl (C=O) groups is 2. The Labute approximate surface area is 174 Å². The fourth-order valence-electron chi connectivity index (χ4n) is 2.51. The molecule has 1 unspecified atom stereocenters. The molecule has 1 atom stereocenters. The lowest BCUT2D eigenvalue weighted by molar-refractivity contribution is 0.0997. The van der Waals surface area contributed by atoms with Crippen LogP contribution in [0.4, 0.5) is 10.7 Å². The summed E-state index contributed by atoms with van der Waals surface area (Å²) < 4.78 is 5.87. The third kappa shape index (κ3) is 5.10. The Morgan fingerprint density at radius 2 is 1.76 bits per heavy atom. The van der Waals surface area contributed by atoms with Gasteiger partial charge in [-0.25, -0.2) is 4.98 Å². The maximum Gasteiger partial charge on any atom is 0.270 e. The summed E-state index contributed by atoms with van der Waals surface area (Å²) in [6.45, 7) is 0. The summed E-state index contributed by atoms with van der Waals surface area (Å²) in [5, 5.41) is 4.16. The molecular weight excluding hydrogens is 407 g/mol. The van der Waals surface area contributed by atoms with E-state index < -0.39 is 5.91 Å². The first-order valence-corrected chi connectivity index (χ1v) is 10.5. The standard InChI is InChI=1S/C20H21N4O3PS/c1-24(2)13-6-4-12(5-7-13)18(26)23-19-16(17(21)25)22-20(29-19)28-15-10-8-14(27-3)9-11-15/h4-11,28H,1-3H3,(H2,21,25)(H,23,26). The number of thiazole rings is 1. The number of benzene rings is 2. The molecule has 9 heteroatoms. The van der Waals surface area contributed by atoms with Crippen LogP contribution in [0.15, 0.2) is 48.5 Å². The van der Waals surface area contributed by atoms with E-state index in [0.29, 0.717) is 15.3 Å². The van der Waals surface area contributed by atoms with Gasteiger partial charge in [0.1, 0.15) is 15.5 Å². The van der Waals surface area contributed by atoms with E-state index in [1.807, 2.05) is 55.4 Å². The fourth-order valence-corrected chi connectivity index (χ4v) is 4.84. The molecular formula is C20H21N4O3PS. The quantitative estimate of drug-likeness (QED) is 0.563. The minimum Gasteiger partial charge on any atom is -0.497 e. The number of hydrogen-bond donors (Lipinski definition) is 2. The topological polar surface area (TPSA) is 97.5 Å². The molecule has 0 aliphatic rings. The molecule has 0 spiro atoms. The van der Waals surface area contributed by atoms with Crippen molar-refractivity contribution in [3.63, 3.8) is 0 Å². The Balaban J connectivity index is 1.78. The van der Waals surface area contributed by atoms with Crippen molar-refractivity contribution in [1.29, 1.82) is 0 Å². The van der Waals surface area contributed by atoms with Gasteiger partial charge in [-0.1, -0.05) is 23.5 Å². The highest BCUT2D eigenvalue weighted by molar-refractivity contribution is 7.63. The molecule has 0 aliphatic heterocycles. The van der Waals surface area contributed by atoms with Crippen LogP contribution in [-0.4, -0.2) is 38.0 Å². The Morgan fingerprint density at radius 3 is 2.31 bits per heavy atom. The lowest BCUT2D eigenvalue weighted by Crippen LogP contribution is -2.18. The predicted octanol–water partition coefficient (Wildman–Crippen LogP) is 2.20. The number of hydrogen-bond acceptors (Lipinski definition) is 6. The second-order valence-electron chi connectivity index (χ2n) is 6.31. The van der Waals surface area contributed by atoms with Crippen molar-refractivity contribution in [2.75, 3.05) is 31.4 Å². The van der Waals surface area contributed by atoms with Crippen molar-refractivity contribution in [2.45, 2.75) is 0 Å². The van der Waals surface area contributed by atoms with Gasteiger partial charge in [-0.15, -0.1) is 0 Å². The Bertz CT molecular complexity index is 1020. The normalized spacial score (nSPS) is 10.9.